The summed E-state index contributed by atoms with van der Waals surface area (Å²) >= 11 is 0. The molecule has 0 amide bonds. The number of aryl methyl sites for hydroxylation is 1. The summed E-state index contributed by atoms with van der Waals surface area (Å²) in [7, 11) is 1.59. The summed E-state index contributed by atoms with van der Waals surface area (Å²) in [4.78, 5) is 22.9. The Morgan fingerprint density at radius 2 is 1.77 bits per heavy atom. The van der Waals surface area contributed by atoms with Crippen molar-refractivity contribution in [3.63, 3.8) is 0 Å². The zero-order valence-electron chi connectivity index (χ0n) is 16.4. The first-order valence-electron chi connectivity index (χ1n) is 9.20. The number of ether oxygens (including phenoxy) is 1. The predicted octanol–water partition coefficient (Wildman–Crippen LogP) is 4.13. The molecule has 0 aliphatic rings. The van der Waals surface area contributed by atoms with Crippen molar-refractivity contribution in [2.75, 3.05) is 7.11 Å². The SMILES string of the molecule is COc1ccc(-n2c(C(=O)OOCc3ccccc3)ccc2-c2nnc(C)o2)cc1. The number of carbonyl (C=O) groups is 1. The Bertz CT molecular complexity index is 1130. The van der Waals surface area contributed by atoms with Crippen molar-refractivity contribution < 1.29 is 23.7 Å². The molecule has 8 heteroatoms. The van der Waals surface area contributed by atoms with E-state index in [0.717, 1.165) is 5.56 Å². The average Bonchev–Trinajstić information content (AvgIpc) is 3.41. The number of rotatable bonds is 7. The summed E-state index contributed by atoms with van der Waals surface area (Å²) in [5, 5.41) is 7.94. The van der Waals surface area contributed by atoms with Gasteiger partial charge in [-0.15, -0.1) is 10.2 Å². The Morgan fingerprint density at radius 3 is 2.43 bits per heavy atom. The Morgan fingerprint density at radius 1 is 1.00 bits per heavy atom. The van der Waals surface area contributed by atoms with Crippen molar-refractivity contribution in [1.82, 2.24) is 14.8 Å². The van der Waals surface area contributed by atoms with Crippen LogP contribution in [-0.4, -0.2) is 27.8 Å². The molecule has 8 nitrogen and oxygen atoms in total. The highest BCUT2D eigenvalue weighted by Gasteiger charge is 2.22. The highest BCUT2D eigenvalue weighted by Crippen LogP contribution is 2.27. The predicted molar refractivity (Wildman–Crippen MR) is 107 cm³/mol. The first-order valence-corrected chi connectivity index (χ1v) is 9.20. The van der Waals surface area contributed by atoms with Crippen LogP contribution in [0.3, 0.4) is 0 Å². The highest BCUT2D eigenvalue weighted by molar-refractivity contribution is 5.89. The molecule has 4 aromatic rings. The normalized spacial score (nSPS) is 10.7. The molecular weight excluding hydrogens is 386 g/mol. The van der Waals surface area contributed by atoms with Crippen LogP contribution in [0, 0.1) is 6.92 Å². The molecule has 0 bridgehead atoms. The summed E-state index contributed by atoms with van der Waals surface area (Å²) < 4.78 is 12.4. The maximum Gasteiger partial charge on any atom is 0.389 e. The standard InChI is InChI=1S/C22H19N3O5/c1-15-23-24-21(29-15)19-12-13-20(25(19)17-8-10-18(27-2)11-9-17)22(26)30-28-14-16-6-4-3-5-7-16/h3-13H,14H2,1-2H3. The van der Waals surface area contributed by atoms with E-state index in [1.165, 1.54) is 0 Å². The van der Waals surface area contributed by atoms with Gasteiger partial charge in [-0.1, -0.05) is 30.3 Å². The van der Waals surface area contributed by atoms with Gasteiger partial charge < -0.3 is 9.15 Å². The maximum absolute atomic E-state index is 12.7. The lowest BCUT2D eigenvalue weighted by Gasteiger charge is -2.12. The minimum absolute atomic E-state index is 0.144. The zero-order valence-corrected chi connectivity index (χ0v) is 16.4. The molecule has 0 unspecified atom stereocenters. The molecule has 0 N–H and O–H groups in total. The van der Waals surface area contributed by atoms with Crippen molar-refractivity contribution in [3.8, 4) is 23.0 Å². The number of nitrogens with zero attached hydrogens (tertiary/aromatic N) is 3. The molecule has 0 aliphatic heterocycles. The first-order chi connectivity index (χ1) is 14.7. The molecule has 2 heterocycles. The van der Waals surface area contributed by atoms with Gasteiger partial charge in [0.2, 0.25) is 5.89 Å². The van der Waals surface area contributed by atoms with Gasteiger partial charge in [0.05, 0.1) is 7.11 Å². The lowest BCUT2D eigenvalue weighted by molar-refractivity contribution is -0.251. The van der Waals surface area contributed by atoms with Crippen LogP contribution in [0.2, 0.25) is 0 Å². The van der Waals surface area contributed by atoms with Crippen LogP contribution < -0.4 is 4.74 Å². The number of carbonyl (C=O) groups excluding carboxylic acids is 1. The van der Waals surface area contributed by atoms with Crippen LogP contribution in [-0.2, 0) is 16.4 Å². The van der Waals surface area contributed by atoms with Crippen LogP contribution in [0.15, 0.2) is 71.1 Å². The number of methoxy groups -OCH3 is 1. The fourth-order valence-corrected chi connectivity index (χ4v) is 2.94. The van der Waals surface area contributed by atoms with Gasteiger partial charge in [-0.25, -0.2) is 4.79 Å². The molecule has 0 aliphatic carbocycles. The Hall–Kier alpha value is -3.91. The smallest absolute Gasteiger partial charge is 0.389 e. The highest BCUT2D eigenvalue weighted by atomic mass is 17.2. The van der Waals surface area contributed by atoms with E-state index in [1.807, 2.05) is 42.5 Å². The van der Waals surface area contributed by atoms with Crippen molar-refractivity contribution >= 4 is 5.97 Å². The minimum atomic E-state index is -0.649. The summed E-state index contributed by atoms with van der Waals surface area (Å²) in [5.41, 5.74) is 2.38. The fourth-order valence-electron chi connectivity index (χ4n) is 2.94. The second kappa shape index (κ2) is 8.62. The number of benzene rings is 2. The lowest BCUT2D eigenvalue weighted by atomic mass is 10.2. The van der Waals surface area contributed by atoms with Gasteiger partial charge in [0.1, 0.15) is 23.7 Å². The number of hydrogen-bond donors (Lipinski definition) is 0. The first kappa shape index (κ1) is 19.4. The fraction of sp³-hybridized carbons (Fsp3) is 0.136. The molecule has 0 saturated heterocycles. The van der Waals surface area contributed by atoms with Crippen LogP contribution >= 0.6 is 0 Å². The monoisotopic (exact) mass is 405 g/mol. The molecule has 0 atom stereocenters. The molecular formula is C22H19N3O5. The summed E-state index contributed by atoms with van der Waals surface area (Å²) in [6.07, 6.45) is 0. The van der Waals surface area contributed by atoms with Gasteiger partial charge >= 0.3 is 5.97 Å². The van der Waals surface area contributed by atoms with Gasteiger partial charge in [-0.3, -0.25) is 9.45 Å². The van der Waals surface area contributed by atoms with Crippen LogP contribution in [0.1, 0.15) is 21.9 Å². The topological polar surface area (TPSA) is 88.6 Å². The molecule has 2 aromatic heterocycles. The van der Waals surface area contributed by atoms with Gasteiger partial charge in [0.15, 0.2) is 0 Å². The molecule has 2 aromatic carbocycles. The Balaban J connectivity index is 1.63. The largest absolute Gasteiger partial charge is 0.497 e. The Labute approximate surface area is 172 Å². The van der Waals surface area contributed by atoms with Crippen molar-refractivity contribution in [3.05, 3.63) is 83.9 Å². The van der Waals surface area contributed by atoms with E-state index >= 15 is 0 Å². The molecule has 30 heavy (non-hydrogen) atoms. The van der Waals surface area contributed by atoms with E-state index in [1.54, 1.807) is 42.9 Å². The third-order valence-electron chi connectivity index (χ3n) is 4.37. The lowest BCUT2D eigenvalue weighted by Crippen LogP contribution is -2.12. The zero-order chi connectivity index (χ0) is 20.9. The molecule has 0 saturated carbocycles. The number of aromatic nitrogens is 3. The van der Waals surface area contributed by atoms with Crippen molar-refractivity contribution in [2.24, 2.45) is 0 Å². The molecule has 0 fully saturated rings. The van der Waals surface area contributed by atoms with E-state index in [4.69, 9.17) is 18.9 Å². The third-order valence-corrected chi connectivity index (χ3v) is 4.37. The van der Waals surface area contributed by atoms with Crippen molar-refractivity contribution in [1.29, 1.82) is 0 Å². The van der Waals surface area contributed by atoms with Crippen LogP contribution in [0.4, 0.5) is 0 Å². The number of hydrogen-bond acceptors (Lipinski definition) is 7. The van der Waals surface area contributed by atoms with Crippen LogP contribution in [0.5, 0.6) is 5.75 Å². The van der Waals surface area contributed by atoms with Gasteiger partial charge in [0, 0.05) is 12.6 Å². The summed E-state index contributed by atoms with van der Waals surface area (Å²) in [6, 6.07) is 20.0. The molecule has 0 spiro atoms. The van der Waals surface area contributed by atoms with Crippen LogP contribution in [0.25, 0.3) is 17.3 Å². The van der Waals surface area contributed by atoms with Gasteiger partial charge in [0.25, 0.3) is 5.89 Å². The van der Waals surface area contributed by atoms with Gasteiger partial charge in [-0.05, 0) is 42.0 Å². The second-order valence-corrected chi connectivity index (χ2v) is 6.38. The molecule has 4 rings (SSSR count). The van der Waals surface area contributed by atoms with E-state index in [0.29, 0.717) is 23.0 Å². The average molecular weight is 405 g/mol. The Kier molecular flexibility index (Phi) is 5.58. The summed E-state index contributed by atoms with van der Waals surface area (Å²) in [6.45, 7) is 1.84. The second-order valence-electron chi connectivity index (χ2n) is 6.38. The third kappa shape index (κ3) is 4.08. The maximum atomic E-state index is 12.7. The molecule has 152 valence electrons. The summed E-state index contributed by atoms with van der Waals surface area (Å²) in [5.74, 6) is 0.746. The van der Waals surface area contributed by atoms with E-state index in [-0.39, 0.29) is 18.2 Å². The minimum Gasteiger partial charge on any atom is -0.497 e. The van der Waals surface area contributed by atoms with E-state index in [9.17, 15) is 4.79 Å². The van der Waals surface area contributed by atoms with E-state index in [2.05, 4.69) is 10.2 Å². The van der Waals surface area contributed by atoms with Crippen molar-refractivity contribution in [2.45, 2.75) is 13.5 Å². The quantitative estimate of drug-likeness (QED) is 0.337. The molecule has 0 radical (unpaired) electrons. The van der Waals surface area contributed by atoms with E-state index < -0.39 is 5.97 Å². The van der Waals surface area contributed by atoms with Gasteiger partial charge in [-0.2, -0.15) is 4.89 Å².